The minimum Gasteiger partial charge on any atom is -0.340 e. The molecule has 0 bridgehead atoms. The minimum absolute atomic E-state index is 0.243. The molecular formula is C20H28N4O. The van der Waals surface area contributed by atoms with Gasteiger partial charge in [-0.1, -0.05) is 23.8 Å². The molecule has 1 aliphatic rings. The van der Waals surface area contributed by atoms with Crippen molar-refractivity contribution >= 4 is 5.91 Å². The van der Waals surface area contributed by atoms with Crippen molar-refractivity contribution in [1.29, 1.82) is 0 Å². The Balaban J connectivity index is 1.51. The van der Waals surface area contributed by atoms with E-state index in [0.29, 0.717) is 19.0 Å². The van der Waals surface area contributed by atoms with E-state index in [1.165, 1.54) is 16.7 Å². The molecule has 1 aromatic carbocycles. The largest absolute Gasteiger partial charge is 0.340 e. The summed E-state index contributed by atoms with van der Waals surface area (Å²) in [5.41, 5.74) is 4.05. The van der Waals surface area contributed by atoms with E-state index in [4.69, 9.17) is 0 Å². The van der Waals surface area contributed by atoms with Gasteiger partial charge in [0, 0.05) is 57.6 Å². The van der Waals surface area contributed by atoms with Crippen LogP contribution < -0.4 is 0 Å². The highest BCUT2D eigenvalue weighted by Gasteiger charge is 2.25. The Morgan fingerprint density at radius 2 is 1.96 bits per heavy atom. The molecule has 1 unspecified atom stereocenters. The molecule has 2 aromatic rings. The summed E-state index contributed by atoms with van der Waals surface area (Å²) in [6, 6.07) is 7.08. The van der Waals surface area contributed by atoms with Gasteiger partial charge in [0.15, 0.2) is 0 Å². The molecule has 1 fully saturated rings. The molecule has 0 radical (unpaired) electrons. The second-order valence-corrected chi connectivity index (χ2v) is 7.00. The van der Waals surface area contributed by atoms with Gasteiger partial charge in [0.1, 0.15) is 0 Å². The van der Waals surface area contributed by atoms with Crippen molar-refractivity contribution in [3.05, 3.63) is 53.6 Å². The molecule has 5 nitrogen and oxygen atoms in total. The van der Waals surface area contributed by atoms with Gasteiger partial charge >= 0.3 is 0 Å². The van der Waals surface area contributed by atoms with Crippen LogP contribution in [0.5, 0.6) is 0 Å². The summed E-state index contributed by atoms with van der Waals surface area (Å²) in [4.78, 5) is 20.9. The molecule has 1 amide bonds. The highest BCUT2D eigenvalue weighted by Crippen LogP contribution is 2.25. The van der Waals surface area contributed by atoms with E-state index in [-0.39, 0.29) is 5.91 Å². The van der Waals surface area contributed by atoms with E-state index in [1.807, 2.05) is 15.7 Å². The van der Waals surface area contributed by atoms with Crippen LogP contribution in [0.25, 0.3) is 0 Å². The molecule has 3 rings (SSSR count). The van der Waals surface area contributed by atoms with Crippen LogP contribution in [0, 0.1) is 13.8 Å². The lowest BCUT2D eigenvalue weighted by Gasteiger charge is -2.38. The lowest BCUT2D eigenvalue weighted by molar-refractivity contribution is -0.133. The topological polar surface area (TPSA) is 41.4 Å². The zero-order chi connectivity index (χ0) is 17.8. The summed E-state index contributed by atoms with van der Waals surface area (Å²) < 4.78 is 1.95. The molecule has 25 heavy (non-hydrogen) atoms. The van der Waals surface area contributed by atoms with Crippen LogP contribution in [-0.2, 0) is 11.3 Å². The molecule has 0 aliphatic carbocycles. The van der Waals surface area contributed by atoms with Crippen molar-refractivity contribution < 1.29 is 4.79 Å². The molecule has 1 aliphatic heterocycles. The predicted molar refractivity (Wildman–Crippen MR) is 99.3 cm³/mol. The number of hydrogen-bond acceptors (Lipinski definition) is 3. The highest BCUT2D eigenvalue weighted by molar-refractivity contribution is 5.76. The number of rotatable bonds is 5. The third kappa shape index (κ3) is 4.28. The van der Waals surface area contributed by atoms with Crippen molar-refractivity contribution in [2.45, 2.75) is 39.8 Å². The minimum atomic E-state index is 0.243. The number of nitrogens with zero attached hydrogens (tertiary/aromatic N) is 4. The van der Waals surface area contributed by atoms with Gasteiger partial charge in [0.25, 0.3) is 0 Å². The van der Waals surface area contributed by atoms with Gasteiger partial charge < -0.3 is 9.47 Å². The molecule has 0 N–H and O–H groups in total. The van der Waals surface area contributed by atoms with Gasteiger partial charge in [-0.05, 0) is 31.9 Å². The SMILES string of the molecule is Cc1ccc(C(C)N2CCN(C(=O)CCn3ccnc3)CC2)c(C)c1. The average Bonchev–Trinajstić information content (AvgIpc) is 3.13. The Bertz CT molecular complexity index is 702. The second-order valence-electron chi connectivity index (χ2n) is 7.00. The van der Waals surface area contributed by atoms with E-state index < -0.39 is 0 Å². The van der Waals surface area contributed by atoms with Gasteiger partial charge in [-0.15, -0.1) is 0 Å². The number of carbonyl (C=O) groups excluding carboxylic acids is 1. The van der Waals surface area contributed by atoms with Crippen molar-refractivity contribution in [1.82, 2.24) is 19.4 Å². The van der Waals surface area contributed by atoms with Crippen LogP contribution >= 0.6 is 0 Å². The Morgan fingerprint density at radius 3 is 2.60 bits per heavy atom. The normalized spacial score (nSPS) is 16.8. The van der Waals surface area contributed by atoms with E-state index in [0.717, 1.165) is 26.2 Å². The van der Waals surface area contributed by atoms with Gasteiger partial charge in [-0.2, -0.15) is 0 Å². The zero-order valence-corrected chi connectivity index (χ0v) is 15.5. The van der Waals surface area contributed by atoms with Crippen molar-refractivity contribution in [3.8, 4) is 0 Å². The van der Waals surface area contributed by atoms with Crippen LogP contribution in [0.4, 0.5) is 0 Å². The molecule has 134 valence electrons. The molecule has 1 saturated heterocycles. The number of amides is 1. The Labute approximate surface area is 150 Å². The summed E-state index contributed by atoms with van der Waals surface area (Å²) in [7, 11) is 0. The fourth-order valence-corrected chi connectivity index (χ4v) is 3.65. The summed E-state index contributed by atoms with van der Waals surface area (Å²) in [6.07, 6.45) is 5.95. The molecule has 2 heterocycles. The quantitative estimate of drug-likeness (QED) is 0.840. The van der Waals surface area contributed by atoms with Gasteiger partial charge in [0.2, 0.25) is 5.91 Å². The fourth-order valence-electron chi connectivity index (χ4n) is 3.65. The maximum Gasteiger partial charge on any atom is 0.224 e. The maximum absolute atomic E-state index is 12.4. The maximum atomic E-state index is 12.4. The molecule has 1 atom stereocenters. The number of aryl methyl sites for hydroxylation is 3. The zero-order valence-electron chi connectivity index (χ0n) is 15.5. The molecule has 5 heteroatoms. The standard InChI is InChI=1S/C20H28N4O/c1-16-4-5-19(17(2)14-16)18(3)23-10-12-24(13-11-23)20(25)6-8-22-9-7-21-15-22/h4-5,7,9,14-15,18H,6,8,10-13H2,1-3H3. The van der Waals surface area contributed by atoms with Crippen LogP contribution in [-0.4, -0.2) is 51.4 Å². The predicted octanol–water partition coefficient (Wildman–Crippen LogP) is 2.80. The number of imidazole rings is 1. The smallest absolute Gasteiger partial charge is 0.224 e. The molecular weight excluding hydrogens is 312 g/mol. The van der Waals surface area contributed by atoms with E-state index >= 15 is 0 Å². The van der Waals surface area contributed by atoms with Gasteiger partial charge in [-0.25, -0.2) is 4.98 Å². The third-order valence-electron chi connectivity index (χ3n) is 5.23. The number of piperazine rings is 1. The lowest BCUT2D eigenvalue weighted by Crippen LogP contribution is -2.49. The Hall–Kier alpha value is -2.14. The monoisotopic (exact) mass is 340 g/mol. The summed E-state index contributed by atoms with van der Waals surface area (Å²) in [5.74, 6) is 0.243. The second kappa shape index (κ2) is 7.83. The lowest BCUT2D eigenvalue weighted by atomic mass is 9.98. The Morgan fingerprint density at radius 1 is 1.20 bits per heavy atom. The Kier molecular flexibility index (Phi) is 5.53. The van der Waals surface area contributed by atoms with E-state index in [1.54, 1.807) is 12.5 Å². The van der Waals surface area contributed by atoms with Crippen molar-refractivity contribution in [2.24, 2.45) is 0 Å². The summed E-state index contributed by atoms with van der Waals surface area (Å²) in [5, 5.41) is 0. The fraction of sp³-hybridized carbons (Fsp3) is 0.500. The van der Waals surface area contributed by atoms with E-state index in [2.05, 4.69) is 48.9 Å². The first kappa shape index (κ1) is 17.7. The number of benzene rings is 1. The molecule has 0 saturated carbocycles. The number of carbonyl (C=O) groups is 1. The first-order valence-electron chi connectivity index (χ1n) is 9.09. The average molecular weight is 340 g/mol. The van der Waals surface area contributed by atoms with Crippen molar-refractivity contribution in [3.63, 3.8) is 0 Å². The highest BCUT2D eigenvalue weighted by atomic mass is 16.2. The third-order valence-corrected chi connectivity index (χ3v) is 5.23. The van der Waals surface area contributed by atoms with Crippen LogP contribution in [0.3, 0.4) is 0 Å². The first-order valence-corrected chi connectivity index (χ1v) is 9.09. The van der Waals surface area contributed by atoms with Crippen LogP contribution in [0.15, 0.2) is 36.9 Å². The van der Waals surface area contributed by atoms with Crippen LogP contribution in [0.2, 0.25) is 0 Å². The first-order chi connectivity index (χ1) is 12.0. The van der Waals surface area contributed by atoms with Gasteiger partial charge in [-0.3, -0.25) is 9.69 Å². The van der Waals surface area contributed by atoms with Gasteiger partial charge in [0.05, 0.1) is 6.33 Å². The van der Waals surface area contributed by atoms with Crippen LogP contribution in [0.1, 0.15) is 36.1 Å². The molecule has 1 aromatic heterocycles. The molecule has 0 spiro atoms. The van der Waals surface area contributed by atoms with E-state index in [9.17, 15) is 4.79 Å². The number of aromatic nitrogens is 2. The number of hydrogen-bond donors (Lipinski definition) is 0. The summed E-state index contributed by atoms with van der Waals surface area (Å²) in [6.45, 7) is 10.8. The summed E-state index contributed by atoms with van der Waals surface area (Å²) >= 11 is 0. The van der Waals surface area contributed by atoms with Crippen molar-refractivity contribution in [2.75, 3.05) is 26.2 Å².